The Hall–Kier alpha value is -2.22. The van der Waals surface area contributed by atoms with Gasteiger partial charge >= 0.3 is 0 Å². The number of Topliss-reactive ketones (excluding diaryl/α,β-unsaturated/α-hetero) is 1. The number of aryl methyl sites for hydroxylation is 2. The van der Waals surface area contributed by atoms with Crippen molar-refractivity contribution in [3.63, 3.8) is 0 Å². The summed E-state index contributed by atoms with van der Waals surface area (Å²) in [6, 6.07) is 9.74. The largest absolute Gasteiger partial charge is 0.318 e. The van der Waals surface area contributed by atoms with Gasteiger partial charge in [-0.2, -0.15) is 0 Å². The molecule has 2 aromatic heterocycles. The SMILES string of the molecule is CCc1nnc([C@@H]2C(=N)S/C(=C\c3cc(C)n(-c4cccc(Cl)c4)c3C)C2=O)s1. The Morgan fingerprint density at radius 3 is 2.76 bits per heavy atom. The van der Waals surface area contributed by atoms with E-state index in [2.05, 4.69) is 14.8 Å². The fraction of sp³-hybridized carbons (Fsp3) is 0.238. The molecule has 8 heteroatoms. The second-order valence-electron chi connectivity index (χ2n) is 6.80. The Morgan fingerprint density at radius 2 is 2.07 bits per heavy atom. The number of carbonyl (C=O) groups is 1. The van der Waals surface area contributed by atoms with Gasteiger partial charge < -0.3 is 4.57 Å². The van der Waals surface area contributed by atoms with Crippen LogP contribution in [-0.4, -0.2) is 25.6 Å². The Kier molecular flexibility index (Phi) is 5.46. The molecule has 3 aromatic rings. The third kappa shape index (κ3) is 3.70. The van der Waals surface area contributed by atoms with Crippen molar-refractivity contribution in [3.8, 4) is 5.69 Å². The number of halogens is 1. The number of carbonyl (C=O) groups excluding carboxylic acids is 1. The van der Waals surface area contributed by atoms with Gasteiger partial charge in [-0.1, -0.05) is 36.4 Å². The van der Waals surface area contributed by atoms with E-state index in [4.69, 9.17) is 17.0 Å². The number of nitrogens with zero attached hydrogens (tertiary/aromatic N) is 3. The van der Waals surface area contributed by atoms with Crippen LogP contribution < -0.4 is 0 Å². The molecule has 0 spiro atoms. The molecule has 5 nitrogen and oxygen atoms in total. The molecule has 1 aromatic carbocycles. The minimum absolute atomic E-state index is 0.0774. The first-order valence-electron chi connectivity index (χ1n) is 9.18. The molecule has 3 heterocycles. The van der Waals surface area contributed by atoms with Crippen molar-refractivity contribution in [2.75, 3.05) is 0 Å². The number of benzene rings is 1. The van der Waals surface area contributed by atoms with Gasteiger partial charge in [0.1, 0.15) is 15.9 Å². The van der Waals surface area contributed by atoms with Crippen molar-refractivity contribution >= 4 is 51.6 Å². The van der Waals surface area contributed by atoms with Crippen molar-refractivity contribution in [3.05, 3.63) is 67.2 Å². The molecule has 1 atom stereocenters. The van der Waals surface area contributed by atoms with Crippen molar-refractivity contribution in [1.82, 2.24) is 14.8 Å². The zero-order valence-corrected chi connectivity index (χ0v) is 18.6. The Morgan fingerprint density at radius 1 is 1.28 bits per heavy atom. The summed E-state index contributed by atoms with van der Waals surface area (Å²) >= 11 is 8.79. The number of hydrogen-bond donors (Lipinski definition) is 1. The molecule has 0 aliphatic carbocycles. The van der Waals surface area contributed by atoms with Crippen LogP contribution in [0.15, 0.2) is 35.2 Å². The van der Waals surface area contributed by atoms with E-state index in [0.29, 0.717) is 20.0 Å². The monoisotopic (exact) mass is 442 g/mol. The van der Waals surface area contributed by atoms with Gasteiger partial charge in [-0.15, -0.1) is 21.5 Å². The third-order valence-electron chi connectivity index (χ3n) is 4.84. The molecule has 1 fully saturated rings. The lowest BCUT2D eigenvalue weighted by Crippen LogP contribution is -2.11. The van der Waals surface area contributed by atoms with Crippen LogP contribution >= 0.6 is 34.7 Å². The Labute approximate surface area is 182 Å². The molecule has 0 unspecified atom stereocenters. The summed E-state index contributed by atoms with van der Waals surface area (Å²) in [5.74, 6) is -0.702. The van der Waals surface area contributed by atoms with Crippen molar-refractivity contribution < 1.29 is 4.79 Å². The number of nitrogens with one attached hydrogen (secondary N) is 1. The minimum atomic E-state index is -0.625. The van der Waals surface area contributed by atoms with Crippen molar-refractivity contribution in [2.45, 2.75) is 33.1 Å². The summed E-state index contributed by atoms with van der Waals surface area (Å²) in [7, 11) is 0. The van der Waals surface area contributed by atoms with Crippen LogP contribution in [0, 0.1) is 19.3 Å². The summed E-state index contributed by atoms with van der Waals surface area (Å²) in [4.78, 5) is 13.6. The predicted molar refractivity (Wildman–Crippen MR) is 121 cm³/mol. The molecule has 1 aliphatic heterocycles. The number of thioether (sulfide) groups is 1. The molecule has 0 saturated carbocycles. The predicted octanol–water partition coefficient (Wildman–Crippen LogP) is 5.58. The Bertz CT molecular complexity index is 1160. The summed E-state index contributed by atoms with van der Waals surface area (Å²) in [6.07, 6.45) is 2.66. The van der Waals surface area contributed by atoms with Gasteiger partial charge in [0.05, 0.1) is 9.95 Å². The molecule has 148 valence electrons. The fourth-order valence-electron chi connectivity index (χ4n) is 3.43. The van der Waals surface area contributed by atoms with Crippen LogP contribution in [0.3, 0.4) is 0 Å². The molecule has 1 N–H and O–H groups in total. The van der Waals surface area contributed by atoms with Crippen molar-refractivity contribution in [2.24, 2.45) is 0 Å². The first kappa shape index (κ1) is 20.1. The molecule has 4 rings (SSSR count). The van der Waals surface area contributed by atoms with Gasteiger partial charge in [-0.25, -0.2) is 0 Å². The molecule has 0 radical (unpaired) electrons. The highest BCUT2D eigenvalue weighted by atomic mass is 35.5. The molecular weight excluding hydrogens is 424 g/mol. The maximum atomic E-state index is 13.0. The zero-order chi connectivity index (χ0) is 20.7. The standard InChI is InChI=1S/C21H19ClN4OS2/c1-4-17-24-25-21(29-17)18-19(27)16(28-20(18)23)9-13-8-11(2)26(12(13)3)15-7-5-6-14(22)10-15/h5-10,18,23H,4H2,1-3H3/b16-9-,23-20?/t18-/m0/s1. The zero-order valence-electron chi connectivity index (χ0n) is 16.2. The summed E-state index contributed by atoms with van der Waals surface area (Å²) in [5.41, 5.74) is 4.01. The van der Waals surface area contributed by atoms with E-state index in [9.17, 15) is 4.79 Å². The first-order valence-corrected chi connectivity index (χ1v) is 11.2. The van der Waals surface area contributed by atoms with Gasteiger partial charge in [0.25, 0.3) is 0 Å². The van der Waals surface area contributed by atoms with Gasteiger partial charge in [0.2, 0.25) is 0 Å². The van der Waals surface area contributed by atoms with Crippen molar-refractivity contribution in [1.29, 1.82) is 5.41 Å². The molecule has 1 aliphatic rings. The highest BCUT2D eigenvalue weighted by molar-refractivity contribution is 8.19. The average Bonchev–Trinajstić information content (AvgIpc) is 3.33. The van der Waals surface area contributed by atoms with Crippen LogP contribution in [0.2, 0.25) is 5.02 Å². The maximum Gasteiger partial charge on any atom is 0.186 e. The van der Waals surface area contributed by atoms with Gasteiger partial charge in [0.15, 0.2) is 5.78 Å². The van der Waals surface area contributed by atoms with Crippen LogP contribution in [0.5, 0.6) is 0 Å². The summed E-state index contributed by atoms with van der Waals surface area (Å²) < 4.78 is 2.11. The Balaban J connectivity index is 1.69. The molecule has 0 bridgehead atoms. The smallest absolute Gasteiger partial charge is 0.186 e. The van der Waals surface area contributed by atoms with E-state index in [0.717, 1.165) is 34.1 Å². The van der Waals surface area contributed by atoms with E-state index in [-0.39, 0.29) is 5.78 Å². The summed E-state index contributed by atoms with van der Waals surface area (Å²) in [5, 5.41) is 19.0. The lowest BCUT2D eigenvalue weighted by atomic mass is 10.1. The third-order valence-corrected chi connectivity index (χ3v) is 7.20. The molecule has 29 heavy (non-hydrogen) atoms. The van der Waals surface area contributed by atoms with Crippen LogP contribution in [0.25, 0.3) is 11.8 Å². The normalized spacial score (nSPS) is 18.2. The minimum Gasteiger partial charge on any atom is -0.318 e. The van der Waals surface area contributed by atoms with Gasteiger partial charge in [-0.05, 0) is 56.2 Å². The second-order valence-corrected chi connectivity index (χ2v) is 9.42. The molecule has 0 amide bonds. The van der Waals surface area contributed by atoms with E-state index >= 15 is 0 Å². The number of aromatic nitrogens is 3. The van der Waals surface area contributed by atoms with Crippen LogP contribution in [-0.2, 0) is 11.2 Å². The highest BCUT2D eigenvalue weighted by Gasteiger charge is 2.39. The van der Waals surface area contributed by atoms with E-state index in [1.165, 1.54) is 23.1 Å². The van der Waals surface area contributed by atoms with Crippen LogP contribution in [0.1, 0.15) is 39.8 Å². The number of allylic oxidation sites excluding steroid dienone is 1. The quantitative estimate of drug-likeness (QED) is 0.535. The number of rotatable bonds is 4. The average molecular weight is 443 g/mol. The van der Waals surface area contributed by atoms with Crippen LogP contribution in [0.4, 0.5) is 0 Å². The topological polar surface area (TPSA) is 71.6 Å². The van der Waals surface area contributed by atoms with E-state index < -0.39 is 5.92 Å². The fourth-order valence-corrected chi connectivity index (χ4v) is 5.56. The molecule has 1 saturated heterocycles. The number of hydrogen-bond acceptors (Lipinski definition) is 6. The lowest BCUT2D eigenvalue weighted by molar-refractivity contribution is -0.114. The van der Waals surface area contributed by atoms with Gasteiger partial charge in [-0.3, -0.25) is 10.2 Å². The lowest BCUT2D eigenvalue weighted by Gasteiger charge is -2.10. The van der Waals surface area contributed by atoms with Gasteiger partial charge in [0, 0.05) is 22.1 Å². The molecular formula is C21H19ClN4OS2. The summed E-state index contributed by atoms with van der Waals surface area (Å²) in [6.45, 7) is 6.05. The first-order chi connectivity index (χ1) is 13.9. The maximum absolute atomic E-state index is 13.0. The van der Waals surface area contributed by atoms with E-state index in [1.807, 2.05) is 57.2 Å². The highest BCUT2D eigenvalue weighted by Crippen LogP contribution is 2.42. The number of ketones is 1. The second kappa shape index (κ2) is 7.89. The van der Waals surface area contributed by atoms with E-state index in [1.54, 1.807) is 0 Å².